The Labute approximate surface area is 126 Å². The van der Waals surface area contributed by atoms with Gasteiger partial charge in [0, 0.05) is 18.4 Å². The van der Waals surface area contributed by atoms with Gasteiger partial charge in [0.2, 0.25) is 0 Å². The molecule has 1 heterocycles. The number of rotatable bonds is 4. The molecule has 2 heteroatoms. The third-order valence-corrected chi connectivity index (χ3v) is 5.43. The van der Waals surface area contributed by atoms with Gasteiger partial charge in [0.05, 0.1) is 0 Å². The fourth-order valence-electron chi connectivity index (χ4n) is 4.37. The zero-order valence-corrected chi connectivity index (χ0v) is 12.5. The van der Waals surface area contributed by atoms with Crippen molar-refractivity contribution in [3.05, 3.63) is 65.5 Å². The van der Waals surface area contributed by atoms with E-state index in [1.54, 1.807) is 11.1 Å². The molecule has 0 aliphatic heterocycles. The van der Waals surface area contributed by atoms with Crippen LogP contribution in [0.15, 0.2) is 48.8 Å². The zero-order chi connectivity index (χ0) is 14.2. The molecule has 0 radical (unpaired) electrons. The summed E-state index contributed by atoms with van der Waals surface area (Å²) >= 11 is 0. The van der Waals surface area contributed by atoms with Crippen molar-refractivity contribution in [3.63, 3.8) is 0 Å². The van der Waals surface area contributed by atoms with Crippen LogP contribution in [0.25, 0.3) is 0 Å². The maximum absolute atomic E-state index is 4.12. The number of pyridine rings is 1. The molecule has 0 amide bonds. The lowest BCUT2D eigenvalue weighted by Gasteiger charge is -2.16. The summed E-state index contributed by atoms with van der Waals surface area (Å²) in [5.74, 6) is 2.47. The number of likely N-dealkylation sites (N-methyl/N-ethyl adjacent to an activating group) is 1. The molecule has 2 aliphatic carbocycles. The molecule has 2 nitrogen and oxygen atoms in total. The first-order valence-electron chi connectivity index (χ1n) is 8.02. The van der Waals surface area contributed by atoms with E-state index in [2.05, 4.69) is 53.7 Å². The Morgan fingerprint density at radius 2 is 2.00 bits per heavy atom. The van der Waals surface area contributed by atoms with Crippen LogP contribution in [0.5, 0.6) is 0 Å². The molecule has 2 aromatic rings. The first-order chi connectivity index (χ1) is 10.4. The van der Waals surface area contributed by atoms with Gasteiger partial charge in [0.1, 0.15) is 0 Å². The molecule has 4 unspecified atom stereocenters. The molecule has 0 saturated heterocycles. The summed E-state index contributed by atoms with van der Waals surface area (Å²) in [6.45, 7) is 0. The van der Waals surface area contributed by atoms with E-state index in [9.17, 15) is 0 Å². The predicted molar refractivity (Wildman–Crippen MR) is 85.3 cm³/mol. The molecular formula is C19H22N2. The molecule has 4 rings (SSSR count). The third kappa shape index (κ3) is 2.28. The molecule has 4 atom stereocenters. The van der Waals surface area contributed by atoms with E-state index in [-0.39, 0.29) is 0 Å². The molecule has 108 valence electrons. The van der Waals surface area contributed by atoms with Gasteiger partial charge in [-0.2, -0.15) is 0 Å². The zero-order valence-electron chi connectivity index (χ0n) is 12.5. The van der Waals surface area contributed by atoms with E-state index < -0.39 is 0 Å². The van der Waals surface area contributed by atoms with Crippen molar-refractivity contribution >= 4 is 0 Å². The van der Waals surface area contributed by atoms with Crippen LogP contribution in [0.1, 0.15) is 29.0 Å². The van der Waals surface area contributed by atoms with Gasteiger partial charge < -0.3 is 5.32 Å². The van der Waals surface area contributed by atoms with Crippen LogP contribution in [-0.4, -0.2) is 18.1 Å². The number of aryl methyl sites for hydroxylation is 1. The number of nitrogens with one attached hydrogen (secondary N) is 1. The minimum absolute atomic E-state index is 0.577. The summed E-state index contributed by atoms with van der Waals surface area (Å²) in [5.41, 5.74) is 4.59. The van der Waals surface area contributed by atoms with Gasteiger partial charge in [0.25, 0.3) is 0 Å². The first-order valence-corrected chi connectivity index (χ1v) is 8.02. The second kappa shape index (κ2) is 5.27. The van der Waals surface area contributed by atoms with E-state index in [4.69, 9.17) is 0 Å². The van der Waals surface area contributed by atoms with Crippen molar-refractivity contribution < 1.29 is 0 Å². The highest BCUT2D eigenvalue weighted by molar-refractivity contribution is 5.40. The highest BCUT2D eigenvalue weighted by atomic mass is 14.9. The Balaban J connectivity index is 1.55. The van der Waals surface area contributed by atoms with Crippen molar-refractivity contribution in [2.45, 2.75) is 31.2 Å². The average molecular weight is 278 g/mol. The van der Waals surface area contributed by atoms with Crippen LogP contribution in [-0.2, 0) is 12.8 Å². The Morgan fingerprint density at radius 3 is 2.81 bits per heavy atom. The number of aromatic nitrogens is 1. The summed E-state index contributed by atoms with van der Waals surface area (Å²) in [6.07, 6.45) is 7.54. The highest BCUT2D eigenvalue weighted by Gasteiger charge is 2.55. The van der Waals surface area contributed by atoms with Gasteiger partial charge in [-0.1, -0.05) is 24.3 Å². The molecule has 1 aromatic heterocycles. The Morgan fingerprint density at radius 1 is 1.19 bits per heavy atom. The van der Waals surface area contributed by atoms with Crippen LogP contribution in [0.3, 0.4) is 0 Å². The largest absolute Gasteiger partial charge is 0.316 e. The van der Waals surface area contributed by atoms with Crippen LogP contribution >= 0.6 is 0 Å². The minimum Gasteiger partial charge on any atom is -0.316 e. The van der Waals surface area contributed by atoms with E-state index in [1.807, 2.05) is 12.4 Å². The van der Waals surface area contributed by atoms with Crippen molar-refractivity contribution in [3.8, 4) is 0 Å². The lowest BCUT2D eigenvalue weighted by Crippen LogP contribution is -2.31. The smallest absolute Gasteiger partial charge is 0.0270 e. The quantitative estimate of drug-likeness (QED) is 0.929. The second-order valence-electron chi connectivity index (χ2n) is 6.46. The Hall–Kier alpha value is -1.67. The van der Waals surface area contributed by atoms with E-state index in [1.165, 1.54) is 18.4 Å². The fourth-order valence-corrected chi connectivity index (χ4v) is 4.37. The van der Waals surface area contributed by atoms with Crippen LogP contribution in [0.4, 0.5) is 0 Å². The fraction of sp³-hybridized carbons (Fsp3) is 0.421. The molecule has 1 fully saturated rings. The summed E-state index contributed by atoms with van der Waals surface area (Å²) in [6, 6.07) is 13.9. The molecule has 2 aliphatic rings. The number of hydrogen-bond donors (Lipinski definition) is 1. The minimum atomic E-state index is 0.577. The number of benzene rings is 1. The lowest BCUT2D eigenvalue weighted by molar-refractivity contribution is 0.463. The van der Waals surface area contributed by atoms with Crippen molar-refractivity contribution in [1.82, 2.24) is 10.3 Å². The summed E-state index contributed by atoms with van der Waals surface area (Å²) in [7, 11) is 2.11. The van der Waals surface area contributed by atoms with Gasteiger partial charge in [-0.3, -0.25) is 4.98 Å². The van der Waals surface area contributed by atoms with E-state index in [0.29, 0.717) is 6.04 Å². The SMILES string of the molecule is CNC(Cc1ccncc1)C1C2CCc3ccccc3C21. The van der Waals surface area contributed by atoms with Gasteiger partial charge >= 0.3 is 0 Å². The standard InChI is InChI=1S/C19H22N2/c1-20-17(12-13-8-10-21-11-9-13)19-16-7-6-14-4-2-3-5-15(14)18(16)19/h2-5,8-11,16-20H,6-7,12H2,1H3. The van der Waals surface area contributed by atoms with Crippen LogP contribution in [0, 0.1) is 11.8 Å². The normalized spacial score (nSPS) is 27.6. The van der Waals surface area contributed by atoms with Crippen LogP contribution < -0.4 is 5.32 Å². The second-order valence-corrected chi connectivity index (χ2v) is 6.46. The maximum Gasteiger partial charge on any atom is 0.0270 e. The maximum atomic E-state index is 4.12. The number of fused-ring (bicyclic) bond motifs is 3. The lowest BCUT2D eigenvalue weighted by atomic mass is 9.92. The predicted octanol–water partition coefficient (Wildman–Crippen LogP) is 3.19. The van der Waals surface area contributed by atoms with E-state index in [0.717, 1.165) is 24.2 Å². The van der Waals surface area contributed by atoms with Crippen molar-refractivity contribution in [2.24, 2.45) is 11.8 Å². The van der Waals surface area contributed by atoms with Crippen molar-refractivity contribution in [2.75, 3.05) is 7.05 Å². The number of hydrogen-bond acceptors (Lipinski definition) is 2. The topological polar surface area (TPSA) is 24.9 Å². The van der Waals surface area contributed by atoms with Gasteiger partial charge in [0.15, 0.2) is 0 Å². The third-order valence-electron chi connectivity index (χ3n) is 5.43. The first kappa shape index (κ1) is 13.0. The Bertz CT molecular complexity index is 622. The molecule has 0 spiro atoms. The van der Waals surface area contributed by atoms with E-state index >= 15 is 0 Å². The molecule has 21 heavy (non-hydrogen) atoms. The Kier molecular flexibility index (Phi) is 3.27. The monoisotopic (exact) mass is 278 g/mol. The van der Waals surface area contributed by atoms with Crippen molar-refractivity contribution in [1.29, 1.82) is 0 Å². The molecule has 1 saturated carbocycles. The summed E-state index contributed by atoms with van der Waals surface area (Å²) in [5, 5.41) is 3.58. The summed E-state index contributed by atoms with van der Waals surface area (Å²) < 4.78 is 0. The highest BCUT2D eigenvalue weighted by Crippen LogP contribution is 2.61. The van der Waals surface area contributed by atoms with Gasteiger partial charge in [-0.05, 0) is 72.9 Å². The molecule has 0 bridgehead atoms. The average Bonchev–Trinajstić information content (AvgIpc) is 3.28. The van der Waals surface area contributed by atoms with Gasteiger partial charge in [-0.15, -0.1) is 0 Å². The van der Waals surface area contributed by atoms with Gasteiger partial charge in [-0.25, -0.2) is 0 Å². The number of nitrogens with zero attached hydrogens (tertiary/aromatic N) is 1. The molecule has 1 aromatic carbocycles. The van der Waals surface area contributed by atoms with Crippen LogP contribution in [0.2, 0.25) is 0 Å². The molecular weight excluding hydrogens is 256 g/mol. The summed E-state index contributed by atoms with van der Waals surface area (Å²) in [4.78, 5) is 4.12. The molecule has 1 N–H and O–H groups in total.